The highest BCUT2D eigenvalue weighted by Gasteiger charge is 2.14. The van der Waals surface area contributed by atoms with E-state index in [0.717, 1.165) is 0 Å². The number of hydrogen-bond donors (Lipinski definition) is 1. The number of aromatic nitrogens is 2. The molecule has 0 bridgehead atoms. The van der Waals surface area contributed by atoms with Crippen LogP contribution >= 0.6 is 11.6 Å². The number of hydrogen-bond acceptors (Lipinski definition) is 3. The molecule has 0 aliphatic carbocycles. The van der Waals surface area contributed by atoms with Gasteiger partial charge in [0.1, 0.15) is 5.82 Å². The average Bonchev–Trinajstić information content (AvgIpc) is 2.65. The zero-order valence-corrected chi connectivity index (χ0v) is 11.6. The quantitative estimate of drug-likeness (QED) is 0.615. The first-order valence-electron chi connectivity index (χ1n) is 5.56. The number of nitrogens with zero attached hydrogens (tertiary/aromatic N) is 2. The highest BCUT2D eigenvalue weighted by molar-refractivity contribution is 7.92. The van der Waals surface area contributed by atoms with Gasteiger partial charge in [-0.1, -0.05) is 0 Å². The largest absolute Gasteiger partial charge is 0.268 e. The Bertz CT molecular complexity index is 442. The van der Waals surface area contributed by atoms with Gasteiger partial charge in [-0.3, -0.25) is 4.72 Å². The number of sulfonamides is 1. The number of halogens is 1. The van der Waals surface area contributed by atoms with Crippen molar-refractivity contribution in [3.63, 3.8) is 0 Å². The zero-order chi connectivity index (χ0) is 12.9. The minimum Gasteiger partial charge on any atom is -0.268 e. The van der Waals surface area contributed by atoms with E-state index in [1.807, 2.05) is 13.8 Å². The molecule has 0 spiro atoms. The van der Waals surface area contributed by atoms with Gasteiger partial charge in [-0.2, -0.15) is 5.10 Å². The van der Waals surface area contributed by atoms with E-state index in [4.69, 9.17) is 11.6 Å². The molecule has 1 N–H and O–H groups in total. The molecule has 0 saturated heterocycles. The fraction of sp³-hybridized carbons (Fsp3) is 0.700. The van der Waals surface area contributed by atoms with Gasteiger partial charge in [-0.25, -0.2) is 13.1 Å². The molecule has 0 unspecified atom stereocenters. The highest BCUT2D eigenvalue weighted by atomic mass is 35.5. The first-order valence-corrected chi connectivity index (χ1v) is 7.75. The van der Waals surface area contributed by atoms with Crippen molar-refractivity contribution < 1.29 is 8.42 Å². The Labute approximate surface area is 107 Å². The summed E-state index contributed by atoms with van der Waals surface area (Å²) < 4.78 is 27.7. The fourth-order valence-corrected chi connectivity index (χ4v) is 2.76. The summed E-state index contributed by atoms with van der Waals surface area (Å²) in [5.41, 5.74) is 0. The summed E-state index contributed by atoms with van der Waals surface area (Å²) in [7, 11) is -3.30. The van der Waals surface area contributed by atoms with Crippen LogP contribution in [0.2, 0.25) is 0 Å². The summed E-state index contributed by atoms with van der Waals surface area (Å²) in [5.74, 6) is 1.08. The Balaban J connectivity index is 2.66. The Morgan fingerprint density at radius 2 is 2.18 bits per heavy atom. The zero-order valence-electron chi connectivity index (χ0n) is 10.1. The second kappa shape index (κ2) is 6.26. The molecule has 0 aromatic carbocycles. The number of alkyl halides is 1. The first-order chi connectivity index (χ1) is 7.96. The number of anilines is 1. The molecule has 0 radical (unpaired) electrons. The third-order valence-electron chi connectivity index (χ3n) is 2.22. The van der Waals surface area contributed by atoms with Crippen LogP contribution in [-0.4, -0.2) is 29.8 Å². The van der Waals surface area contributed by atoms with Crippen molar-refractivity contribution in [2.24, 2.45) is 0 Å². The lowest BCUT2D eigenvalue weighted by atomic mass is 10.4. The number of unbranched alkanes of at least 4 members (excludes halogenated alkanes) is 1. The molecule has 1 aromatic heterocycles. The molecular formula is C10H18ClN3O2S. The van der Waals surface area contributed by atoms with Crippen LogP contribution in [0.1, 0.15) is 32.7 Å². The SMILES string of the molecule is CC(C)n1nccc1NS(=O)(=O)CCCCCl. The highest BCUT2D eigenvalue weighted by Crippen LogP contribution is 2.15. The van der Waals surface area contributed by atoms with Crippen molar-refractivity contribution in [3.05, 3.63) is 12.3 Å². The van der Waals surface area contributed by atoms with E-state index < -0.39 is 10.0 Å². The van der Waals surface area contributed by atoms with Gasteiger partial charge in [0.2, 0.25) is 10.0 Å². The second-order valence-electron chi connectivity index (χ2n) is 4.07. The van der Waals surface area contributed by atoms with Crippen molar-refractivity contribution in [3.8, 4) is 0 Å². The Hall–Kier alpha value is -0.750. The molecule has 98 valence electrons. The van der Waals surface area contributed by atoms with Crippen LogP contribution in [0.4, 0.5) is 5.82 Å². The van der Waals surface area contributed by atoms with E-state index in [0.29, 0.717) is 24.5 Å². The predicted octanol–water partition coefficient (Wildman–Crippen LogP) is 2.22. The first kappa shape index (κ1) is 14.3. The molecule has 1 aromatic rings. The normalized spacial score (nSPS) is 12.0. The molecule has 1 rings (SSSR count). The molecule has 0 fully saturated rings. The average molecular weight is 280 g/mol. The van der Waals surface area contributed by atoms with Gasteiger partial charge in [0, 0.05) is 18.0 Å². The Morgan fingerprint density at radius 1 is 1.47 bits per heavy atom. The molecular weight excluding hydrogens is 262 g/mol. The molecule has 0 amide bonds. The van der Waals surface area contributed by atoms with Crippen LogP contribution in [-0.2, 0) is 10.0 Å². The fourth-order valence-electron chi connectivity index (χ4n) is 1.40. The van der Waals surface area contributed by atoms with Crippen LogP contribution in [0.3, 0.4) is 0 Å². The topological polar surface area (TPSA) is 64.0 Å². The van der Waals surface area contributed by atoms with Crippen molar-refractivity contribution in [1.29, 1.82) is 0 Å². The summed E-state index contributed by atoms with van der Waals surface area (Å²) in [5, 5.41) is 4.06. The molecule has 0 atom stereocenters. The van der Waals surface area contributed by atoms with Gasteiger partial charge in [0.25, 0.3) is 0 Å². The molecule has 17 heavy (non-hydrogen) atoms. The van der Waals surface area contributed by atoms with Crippen molar-refractivity contribution >= 4 is 27.4 Å². The van der Waals surface area contributed by atoms with E-state index in [-0.39, 0.29) is 11.8 Å². The van der Waals surface area contributed by atoms with Crippen LogP contribution in [0.15, 0.2) is 12.3 Å². The smallest absolute Gasteiger partial charge is 0.233 e. The van der Waals surface area contributed by atoms with Gasteiger partial charge in [0.05, 0.1) is 11.9 Å². The minimum absolute atomic E-state index is 0.0863. The van der Waals surface area contributed by atoms with Crippen molar-refractivity contribution in [2.75, 3.05) is 16.4 Å². The lowest BCUT2D eigenvalue weighted by Crippen LogP contribution is -2.20. The molecule has 0 aliphatic heterocycles. The van der Waals surface area contributed by atoms with E-state index in [1.54, 1.807) is 16.9 Å². The number of nitrogens with one attached hydrogen (secondary N) is 1. The summed E-state index contributed by atoms with van der Waals surface area (Å²) >= 11 is 5.51. The summed E-state index contributed by atoms with van der Waals surface area (Å²) in [6.07, 6.45) is 2.84. The lowest BCUT2D eigenvalue weighted by Gasteiger charge is -2.12. The van der Waals surface area contributed by atoms with Crippen LogP contribution in [0, 0.1) is 0 Å². The maximum atomic E-state index is 11.8. The molecule has 7 heteroatoms. The maximum absolute atomic E-state index is 11.8. The Morgan fingerprint density at radius 3 is 2.76 bits per heavy atom. The van der Waals surface area contributed by atoms with Gasteiger partial charge >= 0.3 is 0 Å². The summed E-state index contributed by atoms with van der Waals surface area (Å²) in [6.45, 7) is 3.89. The minimum atomic E-state index is -3.30. The molecule has 1 heterocycles. The molecule has 0 saturated carbocycles. The maximum Gasteiger partial charge on any atom is 0.233 e. The third kappa shape index (κ3) is 4.55. The van der Waals surface area contributed by atoms with Crippen LogP contribution in [0.25, 0.3) is 0 Å². The monoisotopic (exact) mass is 279 g/mol. The van der Waals surface area contributed by atoms with Gasteiger partial charge < -0.3 is 0 Å². The standard InChI is InChI=1S/C10H18ClN3O2S/c1-9(2)14-10(5-7-12-14)13-17(15,16)8-4-3-6-11/h5,7,9,13H,3-4,6,8H2,1-2H3. The van der Waals surface area contributed by atoms with E-state index in [1.165, 1.54) is 0 Å². The van der Waals surface area contributed by atoms with Gasteiger partial charge in [0.15, 0.2) is 0 Å². The van der Waals surface area contributed by atoms with Crippen LogP contribution in [0.5, 0.6) is 0 Å². The lowest BCUT2D eigenvalue weighted by molar-refractivity contribution is 0.539. The van der Waals surface area contributed by atoms with Gasteiger partial charge in [-0.15, -0.1) is 11.6 Å². The molecule has 5 nitrogen and oxygen atoms in total. The summed E-state index contributed by atoms with van der Waals surface area (Å²) in [4.78, 5) is 0. The van der Waals surface area contributed by atoms with E-state index in [2.05, 4.69) is 9.82 Å². The second-order valence-corrected chi connectivity index (χ2v) is 6.29. The Kier molecular flexibility index (Phi) is 5.27. The van der Waals surface area contributed by atoms with Crippen molar-refractivity contribution in [1.82, 2.24) is 9.78 Å². The van der Waals surface area contributed by atoms with Crippen LogP contribution < -0.4 is 4.72 Å². The van der Waals surface area contributed by atoms with E-state index in [9.17, 15) is 8.42 Å². The number of rotatable bonds is 7. The van der Waals surface area contributed by atoms with Crippen molar-refractivity contribution in [2.45, 2.75) is 32.7 Å². The summed E-state index contributed by atoms with van der Waals surface area (Å²) in [6, 6.07) is 1.77. The third-order valence-corrected chi connectivity index (χ3v) is 3.83. The van der Waals surface area contributed by atoms with E-state index >= 15 is 0 Å². The predicted molar refractivity (Wildman–Crippen MR) is 70.0 cm³/mol. The van der Waals surface area contributed by atoms with Gasteiger partial charge in [-0.05, 0) is 26.7 Å². The molecule has 0 aliphatic rings.